The standard InChI is InChI=1S/C15H14FN5O2/c1-10(15-19-18-14-7-2-3-8-20(14)15)17-9-11-12(16)5-4-6-13(11)21(22)23/h2-8,10,17H,9H2,1H3. The molecule has 3 aromatic rings. The normalized spacial score (nSPS) is 12.4. The SMILES string of the molecule is CC(NCc1c(F)cccc1[N+](=O)[O-])c1nnc2ccccn12. The van der Waals surface area contributed by atoms with Gasteiger partial charge in [-0.3, -0.25) is 14.5 Å². The smallest absolute Gasteiger partial charge is 0.276 e. The number of pyridine rings is 1. The zero-order chi connectivity index (χ0) is 16.4. The van der Waals surface area contributed by atoms with E-state index < -0.39 is 10.7 Å². The van der Waals surface area contributed by atoms with Crippen LogP contribution in [-0.2, 0) is 6.54 Å². The van der Waals surface area contributed by atoms with Crippen LogP contribution in [0.3, 0.4) is 0 Å². The van der Waals surface area contributed by atoms with E-state index in [0.717, 1.165) is 0 Å². The van der Waals surface area contributed by atoms with Gasteiger partial charge in [-0.1, -0.05) is 12.1 Å². The molecule has 1 unspecified atom stereocenters. The Bertz CT molecular complexity index is 864. The van der Waals surface area contributed by atoms with Gasteiger partial charge < -0.3 is 5.32 Å². The number of hydrogen-bond donors (Lipinski definition) is 1. The highest BCUT2D eigenvalue weighted by Crippen LogP contribution is 2.22. The Hall–Kier alpha value is -2.87. The Morgan fingerprint density at radius 3 is 2.91 bits per heavy atom. The van der Waals surface area contributed by atoms with Gasteiger partial charge in [-0.05, 0) is 25.1 Å². The van der Waals surface area contributed by atoms with Crippen LogP contribution in [0.25, 0.3) is 5.65 Å². The van der Waals surface area contributed by atoms with Crippen molar-refractivity contribution < 1.29 is 9.31 Å². The first kappa shape index (κ1) is 15.0. The molecular formula is C15H14FN5O2. The molecule has 0 aliphatic heterocycles. The van der Waals surface area contributed by atoms with E-state index in [-0.39, 0.29) is 23.8 Å². The van der Waals surface area contributed by atoms with Gasteiger partial charge in [0.15, 0.2) is 11.5 Å². The van der Waals surface area contributed by atoms with Crippen LogP contribution in [0.1, 0.15) is 24.4 Å². The molecule has 0 aliphatic carbocycles. The molecule has 0 aliphatic rings. The van der Waals surface area contributed by atoms with Gasteiger partial charge in [0.1, 0.15) is 5.82 Å². The van der Waals surface area contributed by atoms with E-state index in [1.807, 2.05) is 35.7 Å². The molecule has 0 radical (unpaired) electrons. The molecule has 8 heteroatoms. The third-order valence-electron chi connectivity index (χ3n) is 3.60. The van der Waals surface area contributed by atoms with Crippen molar-refractivity contribution in [3.63, 3.8) is 0 Å². The van der Waals surface area contributed by atoms with Crippen molar-refractivity contribution in [2.45, 2.75) is 19.5 Å². The molecule has 0 saturated carbocycles. The highest BCUT2D eigenvalue weighted by atomic mass is 19.1. The molecule has 118 valence electrons. The van der Waals surface area contributed by atoms with Crippen molar-refractivity contribution >= 4 is 11.3 Å². The molecule has 0 bridgehead atoms. The molecule has 0 amide bonds. The Labute approximate surface area is 130 Å². The summed E-state index contributed by atoms with van der Waals surface area (Å²) < 4.78 is 15.7. The first-order valence-corrected chi connectivity index (χ1v) is 7.02. The van der Waals surface area contributed by atoms with Crippen molar-refractivity contribution in [3.05, 3.63) is 69.9 Å². The molecule has 1 N–H and O–H groups in total. The van der Waals surface area contributed by atoms with Crippen molar-refractivity contribution in [1.82, 2.24) is 19.9 Å². The summed E-state index contributed by atoms with van der Waals surface area (Å²) in [6.07, 6.45) is 1.83. The Kier molecular flexibility index (Phi) is 3.98. The number of benzene rings is 1. The van der Waals surface area contributed by atoms with Gasteiger partial charge in [-0.25, -0.2) is 4.39 Å². The maximum atomic E-state index is 13.9. The lowest BCUT2D eigenvalue weighted by atomic mass is 10.1. The highest BCUT2D eigenvalue weighted by molar-refractivity contribution is 5.41. The number of halogens is 1. The zero-order valence-corrected chi connectivity index (χ0v) is 12.3. The third kappa shape index (κ3) is 2.88. The van der Waals surface area contributed by atoms with Crippen LogP contribution in [-0.4, -0.2) is 19.5 Å². The van der Waals surface area contributed by atoms with E-state index in [9.17, 15) is 14.5 Å². The van der Waals surface area contributed by atoms with E-state index in [1.54, 1.807) is 0 Å². The predicted molar refractivity (Wildman–Crippen MR) is 81.3 cm³/mol. The molecule has 2 aromatic heterocycles. The molecule has 1 aromatic carbocycles. The van der Waals surface area contributed by atoms with Gasteiger partial charge in [0.2, 0.25) is 0 Å². The van der Waals surface area contributed by atoms with Crippen molar-refractivity contribution in [3.8, 4) is 0 Å². The third-order valence-corrected chi connectivity index (χ3v) is 3.60. The van der Waals surface area contributed by atoms with Crippen molar-refractivity contribution in [2.75, 3.05) is 0 Å². The largest absolute Gasteiger partial charge is 0.303 e. The molecular weight excluding hydrogens is 301 g/mol. The summed E-state index contributed by atoms with van der Waals surface area (Å²) in [6.45, 7) is 1.86. The molecule has 3 rings (SSSR count). The average molecular weight is 315 g/mol. The van der Waals surface area contributed by atoms with E-state index in [1.165, 1.54) is 18.2 Å². The van der Waals surface area contributed by atoms with Crippen molar-refractivity contribution in [1.29, 1.82) is 0 Å². The van der Waals surface area contributed by atoms with Crippen LogP contribution in [0.15, 0.2) is 42.6 Å². The van der Waals surface area contributed by atoms with Gasteiger partial charge in [-0.15, -0.1) is 10.2 Å². The molecule has 2 heterocycles. The van der Waals surface area contributed by atoms with Gasteiger partial charge >= 0.3 is 0 Å². The lowest BCUT2D eigenvalue weighted by Gasteiger charge is -2.12. The van der Waals surface area contributed by atoms with Gasteiger partial charge in [0, 0.05) is 18.8 Å². The maximum Gasteiger partial charge on any atom is 0.276 e. The Morgan fingerprint density at radius 2 is 2.13 bits per heavy atom. The number of nitro benzene ring substituents is 1. The summed E-state index contributed by atoms with van der Waals surface area (Å²) in [5, 5.41) is 22.2. The molecule has 0 saturated heterocycles. The van der Waals surface area contributed by atoms with Crippen LogP contribution in [0, 0.1) is 15.9 Å². The number of fused-ring (bicyclic) bond motifs is 1. The van der Waals surface area contributed by atoms with Gasteiger partial charge in [0.05, 0.1) is 16.5 Å². The fraction of sp³-hybridized carbons (Fsp3) is 0.200. The van der Waals surface area contributed by atoms with Crippen LogP contribution in [0.2, 0.25) is 0 Å². The van der Waals surface area contributed by atoms with E-state index in [2.05, 4.69) is 15.5 Å². The Balaban J connectivity index is 1.82. The molecule has 0 fully saturated rings. The minimum atomic E-state index is -0.606. The van der Waals surface area contributed by atoms with Gasteiger partial charge in [0.25, 0.3) is 5.69 Å². The summed E-state index contributed by atoms with van der Waals surface area (Å²) in [6, 6.07) is 9.10. The Morgan fingerprint density at radius 1 is 1.30 bits per heavy atom. The molecule has 23 heavy (non-hydrogen) atoms. The minimum Gasteiger partial charge on any atom is -0.303 e. The monoisotopic (exact) mass is 315 g/mol. The fourth-order valence-corrected chi connectivity index (χ4v) is 2.39. The van der Waals surface area contributed by atoms with E-state index in [0.29, 0.717) is 11.5 Å². The van der Waals surface area contributed by atoms with Crippen LogP contribution in [0.4, 0.5) is 10.1 Å². The fourth-order valence-electron chi connectivity index (χ4n) is 2.39. The number of rotatable bonds is 5. The lowest BCUT2D eigenvalue weighted by molar-refractivity contribution is -0.385. The second-order valence-corrected chi connectivity index (χ2v) is 5.08. The first-order valence-electron chi connectivity index (χ1n) is 7.02. The summed E-state index contributed by atoms with van der Waals surface area (Å²) in [5.74, 6) is 0.0459. The summed E-state index contributed by atoms with van der Waals surface area (Å²) in [4.78, 5) is 10.4. The van der Waals surface area contributed by atoms with E-state index in [4.69, 9.17) is 0 Å². The minimum absolute atomic E-state index is 0.0197. The number of nitrogens with zero attached hydrogens (tertiary/aromatic N) is 4. The van der Waals surface area contributed by atoms with Crippen LogP contribution >= 0.6 is 0 Å². The number of nitro groups is 1. The molecule has 7 nitrogen and oxygen atoms in total. The summed E-state index contributed by atoms with van der Waals surface area (Å²) >= 11 is 0. The highest BCUT2D eigenvalue weighted by Gasteiger charge is 2.19. The van der Waals surface area contributed by atoms with Crippen LogP contribution in [0.5, 0.6) is 0 Å². The number of aromatic nitrogens is 3. The van der Waals surface area contributed by atoms with Crippen LogP contribution < -0.4 is 5.32 Å². The first-order chi connectivity index (χ1) is 11.1. The number of nitrogens with one attached hydrogen (secondary N) is 1. The maximum absolute atomic E-state index is 13.9. The predicted octanol–water partition coefficient (Wildman–Crippen LogP) is 2.63. The number of hydrogen-bond acceptors (Lipinski definition) is 5. The lowest BCUT2D eigenvalue weighted by Crippen LogP contribution is -2.21. The zero-order valence-electron chi connectivity index (χ0n) is 12.3. The molecule has 0 spiro atoms. The van der Waals surface area contributed by atoms with E-state index >= 15 is 0 Å². The summed E-state index contributed by atoms with van der Waals surface area (Å²) in [5.41, 5.74) is 0.488. The second kappa shape index (κ2) is 6.09. The van der Waals surface area contributed by atoms with Gasteiger partial charge in [-0.2, -0.15) is 0 Å². The average Bonchev–Trinajstić information content (AvgIpc) is 2.97. The summed E-state index contributed by atoms with van der Waals surface area (Å²) in [7, 11) is 0. The van der Waals surface area contributed by atoms with Crippen molar-refractivity contribution in [2.24, 2.45) is 0 Å². The quantitative estimate of drug-likeness (QED) is 0.578. The topological polar surface area (TPSA) is 85.4 Å². The molecule has 1 atom stereocenters. The second-order valence-electron chi connectivity index (χ2n) is 5.08.